The number of benzene rings is 6. The minimum atomic E-state index is -0.0828. The van der Waals surface area contributed by atoms with Crippen LogP contribution in [-0.4, -0.2) is 15.9 Å². The summed E-state index contributed by atoms with van der Waals surface area (Å²) in [5.41, 5.74) is 15.3. The molecule has 0 radical (unpaired) electrons. The highest BCUT2D eigenvalue weighted by atomic mass is 32.1. The van der Waals surface area contributed by atoms with Gasteiger partial charge in [0.1, 0.15) is 4.83 Å². The number of hydrogen-bond acceptors (Lipinski definition) is 1. The van der Waals surface area contributed by atoms with Gasteiger partial charge in [0.25, 0.3) is 0 Å². The van der Waals surface area contributed by atoms with Crippen molar-refractivity contribution in [2.24, 2.45) is 0 Å². The number of rotatable bonds is 0. The van der Waals surface area contributed by atoms with Crippen molar-refractivity contribution in [2.45, 2.75) is 19.3 Å². The largest absolute Gasteiger partial charge is 0.375 e. The van der Waals surface area contributed by atoms with Crippen molar-refractivity contribution in [1.29, 1.82) is 0 Å². The lowest BCUT2D eigenvalue weighted by atomic mass is 9.45. The molecule has 0 saturated heterocycles. The number of fused-ring (bicyclic) bond motifs is 16. The monoisotopic (exact) mass is 588 g/mol. The van der Waals surface area contributed by atoms with E-state index in [2.05, 4.69) is 138 Å². The minimum absolute atomic E-state index is 0.0779. The maximum absolute atomic E-state index is 2.76. The number of thiophene rings is 1. The third-order valence-electron chi connectivity index (χ3n) is 11.2. The Balaban J connectivity index is 1.37. The van der Waals surface area contributed by atoms with E-state index in [1.54, 1.807) is 0 Å². The molecule has 0 amide bonds. The van der Waals surface area contributed by atoms with Crippen molar-refractivity contribution in [3.63, 3.8) is 0 Å². The summed E-state index contributed by atoms with van der Waals surface area (Å²) in [5.74, 6) is 0. The second-order valence-electron chi connectivity index (χ2n) is 13.6. The molecule has 0 atom stereocenters. The van der Waals surface area contributed by atoms with Gasteiger partial charge in [-0.15, -0.1) is 11.3 Å². The average molecular weight is 589 g/mol. The Morgan fingerprint density at radius 1 is 0.644 bits per heavy atom. The summed E-state index contributed by atoms with van der Waals surface area (Å²) in [6.07, 6.45) is 0. The normalized spacial score (nSPS) is 15.0. The summed E-state index contributed by atoms with van der Waals surface area (Å²) in [6, 6.07) is 43.7. The fourth-order valence-electron chi connectivity index (χ4n) is 9.61. The lowest BCUT2D eigenvalue weighted by molar-refractivity contribution is 0.666. The minimum Gasteiger partial charge on any atom is -0.375 e. The van der Waals surface area contributed by atoms with Crippen LogP contribution >= 0.6 is 11.3 Å². The first kappa shape index (κ1) is 23.3. The van der Waals surface area contributed by atoms with Crippen molar-refractivity contribution in [3.05, 3.63) is 126 Å². The maximum Gasteiger partial charge on any atom is 0.333 e. The Kier molecular flexibility index (Phi) is 3.85. The third kappa shape index (κ3) is 2.43. The van der Waals surface area contributed by atoms with Gasteiger partial charge in [0.05, 0.1) is 11.2 Å². The molecule has 9 aromatic rings. The molecule has 0 saturated carbocycles. The molecule has 5 heterocycles. The van der Waals surface area contributed by atoms with Gasteiger partial charge >= 0.3 is 6.85 Å². The molecule has 208 valence electrons. The molecule has 2 nitrogen and oxygen atoms in total. The molecule has 6 aromatic carbocycles. The number of para-hydroxylation sites is 2. The number of hydrogen-bond donors (Lipinski definition) is 0. The molecular weight excluding hydrogens is 563 g/mol. The molecule has 0 unspecified atom stereocenters. The molecule has 3 aliphatic rings. The topological polar surface area (TPSA) is 9.86 Å². The van der Waals surface area contributed by atoms with Gasteiger partial charge in [-0.1, -0.05) is 117 Å². The second kappa shape index (κ2) is 7.42. The second-order valence-corrected chi connectivity index (χ2v) is 14.7. The highest BCUT2D eigenvalue weighted by Crippen LogP contribution is 2.56. The molecule has 12 rings (SSSR count). The summed E-state index contributed by atoms with van der Waals surface area (Å²) >= 11 is 1.93. The van der Waals surface area contributed by atoms with E-state index in [9.17, 15) is 0 Å². The van der Waals surface area contributed by atoms with Crippen LogP contribution in [0.1, 0.15) is 25.0 Å². The van der Waals surface area contributed by atoms with Gasteiger partial charge in [-0.3, -0.25) is 0 Å². The summed E-state index contributed by atoms with van der Waals surface area (Å²) in [4.78, 5) is 1.35. The maximum atomic E-state index is 2.76. The predicted molar refractivity (Wildman–Crippen MR) is 193 cm³/mol. The van der Waals surface area contributed by atoms with E-state index >= 15 is 0 Å². The highest BCUT2D eigenvalue weighted by molar-refractivity contribution is 7.26. The van der Waals surface area contributed by atoms with E-state index in [1.807, 2.05) is 11.3 Å². The van der Waals surface area contributed by atoms with Crippen molar-refractivity contribution in [1.82, 2.24) is 9.05 Å². The van der Waals surface area contributed by atoms with E-state index < -0.39 is 0 Å². The Morgan fingerprint density at radius 3 is 2.31 bits per heavy atom. The molecule has 2 aliphatic heterocycles. The summed E-state index contributed by atoms with van der Waals surface area (Å²) < 4.78 is 6.75. The molecule has 0 bridgehead atoms. The summed E-state index contributed by atoms with van der Waals surface area (Å²) in [5, 5.41) is 8.13. The van der Waals surface area contributed by atoms with Gasteiger partial charge in [0.2, 0.25) is 0 Å². The highest BCUT2D eigenvalue weighted by Gasteiger charge is 2.47. The lowest BCUT2D eigenvalue weighted by Crippen LogP contribution is -2.55. The standard InChI is InChI=1S/C41H25BN2S/c1-41(2)30-18-7-5-13-25(30)38-34(41)28-17-9-15-24-29-21-22-11-3-4-12-23(22)39-35(29)42(44(38)36(24)28)31-19-10-16-27-33-26-14-6-8-20-32(26)45-40(33)43(39)37(27)31/h3-21H,1-2H3. The van der Waals surface area contributed by atoms with Gasteiger partial charge in [-0.2, -0.15) is 0 Å². The zero-order valence-electron chi connectivity index (χ0n) is 24.8. The Bertz CT molecular complexity index is 2860. The zero-order valence-corrected chi connectivity index (χ0v) is 25.7. The average Bonchev–Trinajstić information content (AvgIpc) is 3.78. The molecule has 0 N–H and O–H groups in total. The Morgan fingerprint density at radius 2 is 1.38 bits per heavy atom. The van der Waals surface area contributed by atoms with Gasteiger partial charge in [0.15, 0.2) is 0 Å². The van der Waals surface area contributed by atoms with Crippen LogP contribution in [0.5, 0.6) is 0 Å². The van der Waals surface area contributed by atoms with Crippen LogP contribution in [0.4, 0.5) is 0 Å². The predicted octanol–water partition coefficient (Wildman–Crippen LogP) is 9.36. The van der Waals surface area contributed by atoms with Crippen molar-refractivity contribution in [3.8, 4) is 28.1 Å². The van der Waals surface area contributed by atoms with E-state index in [-0.39, 0.29) is 12.3 Å². The van der Waals surface area contributed by atoms with Crippen LogP contribution in [0.3, 0.4) is 0 Å². The third-order valence-corrected chi connectivity index (χ3v) is 12.4. The van der Waals surface area contributed by atoms with Crippen molar-refractivity contribution in [2.75, 3.05) is 0 Å². The number of nitrogens with zero attached hydrogens (tertiary/aromatic N) is 2. The lowest BCUT2D eigenvalue weighted by Gasteiger charge is -2.35. The molecular formula is C41H25BN2S. The first-order valence-corrected chi connectivity index (χ1v) is 16.7. The first-order valence-electron chi connectivity index (χ1n) is 15.9. The zero-order chi connectivity index (χ0) is 29.3. The van der Waals surface area contributed by atoms with Crippen LogP contribution in [0.25, 0.3) is 81.0 Å². The Labute approximate surface area is 263 Å². The molecule has 0 spiro atoms. The molecule has 45 heavy (non-hydrogen) atoms. The Hall–Kier alpha value is -5.06. The SMILES string of the molecule is CC1(C)c2ccccc2-c2c1c1cccc3c1n2B1c2c-3cc3ccccc3c2-n2c3sc4ccccc4c3c3cccc1c32. The molecule has 3 aromatic heterocycles. The molecule has 4 heteroatoms. The van der Waals surface area contributed by atoms with Crippen LogP contribution < -0.4 is 10.9 Å². The fraction of sp³-hybridized carbons (Fsp3) is 0.0732. The van der Waals surface area contributed by atoms with E-state index in [4.69, 9.17) is 0 Å². The van der Waals surface area contributed by atoms with Crippen LogP contribution in [-0.2, 0) is 5.41 Å². The molecule has 1 aliphatic carbocycles. The van der Waals surface area contributed by atoms with E-state index in [0.29, 0.717) is 0 Å². The van der Waals surface area contributed by atoms with Gasteiger partial charge < -0.3 is 9.05 Å². The van der Waals surface area contributed by atoms with Crippen LogP contribution in [0, 0.1) is 0 Å². The fourth-order valence-corrected chi connectivity index (χ4v) is 10.8. The van der Waals surface area contributed by atoms with Crippen molar-refractivity contribution < 1.29 is 0 Å². The first-order chi connectivity index (χ1) is 22.1. The van der Waals surface area contributed by atoms with Crippen LogP contribution in [0.2, 0.25) is 0 Å². The summed E-state index contributed by atoms with van der Waals surface area (Å²) in [6.45, 7) is 4.92. The van der Waals surface area contributed by atoms with Gasteiger partial charge in [-0.05, 0) is 45.1 Å². The van der Waals surface area contributed by atoms with Crippen molar-refractivity contribution >= 4 is 82.0 Å². The number of aromatic nitrogens is 2. The smallest absolute Gasteiger partial charge is 0.333 e. The van der Waals surface area contributed by atoms with Gasteiger partial charge in [0, 0.05) is 59.4 Å². The van der Waals surface area contributed by atoms with E-state index in [1.165, 1.54) is 103 Å². The van der Waals surface area contributed by atoms with Gasteiger partial charge in [-0.25, -0.2) is 0 Å². The van der Waals surface area contributed by atoms with E-state index in [0.717, 1.165) is 0 Å². The molecule has 0 fully saturated rings. The quantitative estimate of drug-likeness (QED) is 0.156. The summed E-state index contributed by atoms with van der Waals surface area (Å²) in [7, 11) is 0. The van der Waals surface area contributed by atoms with Crippen LogP contribution in [0.15, 0.2) is 115 Å².